The number of aromatic nitrogens is 1. The lowest BCUT2D eigenvalue weighted by molar-refractivity contribution is 0.289. The smallest absolute Gasteiger partial charge is 0.243 e. The van der Waals surface area contributed by atoms with Crippen molar-refractivity contribution in [3.8, 4) is 0 Å². The number of hydrogen-bond donors (Lipinski definition) is 0. The Morgan fingerprint density at radius 1 is 0.917 bits per heavy atom. The van der Waals surface area contributed by atoms with Crippen molar-refractivity contribution in [2.24, 2.45) is 11.8 Å². The van der Waals surface area contributed by atoms with Crippen LogP contribution >= 0.6 is 0 Å². The van der Waals surface area contributed by atoms with Crippen LogP contribution < -0.4 is 0 Å². The molecule has 6 heteroatoms. The topological polar surface area (TPSA) is 53.5 Å². The van der Waals surface area contributed by atoms with Crippen LogP contribution in [0.5, 0.6) is 0 Å². The molecule has 3 heterocycles. The van der Waals surface area contributed by atoms with E-state index in [1.807, 2.05) is 30.6 Å². The van der Waals surface area contributed by atoms with Gasteiger partial charge in [-0.2, -0.15) is 4.31 Å². The molecular weight excluding hydrogens is 322 g/mol. The Morgan fingerprint density at radius 2 is 1.54 bits per heavy atom. The molecule has 0 aliphatic carbocycles. The van der Waals surface area contributed by atoms with E-state index in [-0.39, 0.29) is 0 Å². The SMILES string of the molecule is O=S(=O)(c1ccccc1)N1CC2CN(Cc3ccncc3)CC2C1. The molecule has 1 aromatic heterocycles. The predicted octanol–water partition coefficient (Wildman–Crippen LogP) is 1.83. The Kier molecular flexibility index (Phi) is 4.12. The van der Waals surface area contributed by atoms with Crippen LogP contribution in [0, 0.1) is 11.8 Å². The van der Waals surface area contributed by atoms with Crippen LogP contribution in [-0.2, 0) is 16.6 Å². The zero-order valence-corrected chi connectivity index (χ0v) is 14.3. The standard InChI is InChI=1S/C18H21N3O2S/c22-24(23,18-4-2-1-3-5-18)21-13-16-11-20(12-17(16)14-21)10-15-6-8-19-9-7-15/h1-9,16-17H,10-14H2. The predicted molar refractivity (Wildman–Crippen MR) is 91.7 cm³/mol. The first-order valence-electron chi connectivity index (χ1n) is 8.29. The summed E-state index contributed by atoms with van der Waals surface area (Å²) in [5, 5.41) is 0. The Bertz CT molecular complexity index is 782. The van der Waals surface area contributed by atoms with E-state index in [1.165, 1.54) is 5.56 Å². The zero-order chi connectivity index (χ0) is 16.6. The lowest BCUT2D eigenvalue weighted by Gasteiger charge is -2.21. The fourth-order valence-electron chi connectivity index (χ4n) is 3.86. The third-order valence-electron chi connectivity index (χ3n) is 5.06. The fourth-order valence-corrected chi connectivity index (χ4v) is 5.44. The van der Waals surface area contributed by atoms with Gasteiger partial charge in [-0.1, -0.05) is 18.2 Å². The second-order valence-corrected chi connectivity index (χ2v) is 8.64. The molecule has 0 amide bonds. The summed E-state index contributed by atoms with van der Waals surface area (Å²) in [6.45, 7) is 4.12. The van der Waals surface area contributed by atoms with Crippen molar-refractivity contribution in [3.63, 3.8) is 0 Å². The summed E-state index contributed by atoms with van der Waals surface area (Å²) in [5.74, 6) is 0.871. The molecule has 2 aliphatic heterocycles. The molecular formula is C18H21N3O2S. The van der Waals surface area contributed by atoms with E-state index >= 15 is 0 Å². The van der Waals surface area contributed by atoms with Gasteiger partial charge in [0.15, 0.2) is 0 Å². The second-order valence-electron chi connectivity index (χ2n) is 6.70. The number of nitrogens with zero attached hydrogens (tertiary/aromatic N) is 3. The molecule has 126 valence electrons. The van der Waals surface area contributed by atoms with E-state index in [1.54, 1.807) is 28.6 Å². The van der Waals surface area contributed by atoms with Crippen molar-refractivity contribution in [2.75, 3.05) is 26.2 Å². The maximum absolute atomic E-state index is 12.7. The van der Waals surface area contributed by atoms with E-state index in [0.717, 1.165) is 19.6 Å². The summed E-state index contributed by atoms with van der Waals surface area (Å²) < 4.78 is 27.2. The number of rotatable bonds is 4. The molecule has 2 unspecified atom stereocenters. The summed E-state index contributed by atoms with van der Waals surface area (Å²) in [4.78, 5) is 6.88. The molecule has 0 N–H and O–H groups in total. The molecule has 2 atom stereocenters. The average molecular weight is 343 g/mol. The van der Waals surface area contributed by atoms with E-state index in [4.69, 9.17) is 0 Å². The summed E-state index contributed by atoms with van der Waals surface area (Å²) in [6, 6.07) is 12.8. The van der Waals surface area contributed by atoms with Gasteiger partial charge in [0, 0.05) is 45.1 Å². The highest BCUT2D eigenvalue weighted by molar-refractivity contribution is 7.89. The van der Waals surface area contributed by atoms with Gasteiger partial charge in [0.1, 0.15) is 0 Å². The van der Waals surface area contributed by atoms with Gasteiger partial charge >= 0.3 is 0 Å². The van der Waals surface area contributed by atoms with Gasteiger partial charge in [0.2, 0.25) is 10.0 Å². The summed E-state index contributed by atoms with van der Waals surface area (Å²) in [5.41, 5.74) is 1.26. The van der Waals surface area contributed by atoms with Crippen molar-refractivity contribution in [2.45, 2.75) is 11.4 Å². The first-order valence-corrected chi connectivity index (χ1v) is 9.73. The molecule has 1 aromatic carbocycles. The molecule has 0 spiro atoms. The van der Waals surface area contributed by atoms with Gasteiger partial charge < -0.3 is 0 Å². The zero-order valence-electron chi connectivity index (χ0n) is 13.5. The molecule has 24 heavy (non-hydrogen) atoms. The number of pyridine rings is 1. The molecule has 4 rings (SSSR count). The van der Waals surface area contributed by atoms with Gasteiger partial charge in [-0.15, -0.1) is 0 Å². The molecule has 2 saturated heterocycles. The van der Waals surface area contributed by atoms with Gasteiger partial charge in [-0.25, -0.2) is 8.42 Å². The average Bonchev–Trinajstić information content (AvgIpc) is 3.15. The fraction of sp³-hybridized carbons (Fsp3) is 0.389. The molecule has 2 fully saturated rings. The molecule has 0 bridgehead atoms. The van der Waals surface area contributed by atoms with E-state index in [9.17, 15) is 8.42 Å². The van der Waals surface area contributed by atoms with Gasteiger partial charge in [0.05, 0.1) is 4.90 Å². The third kappa shape index (κ3) is 2.97. The van der Waals surface area contributed by atoms with Crippen molar-refractivity contribution in [3.05, 3.63) is 60.4 Å². The van der Waals surface area contributed by atoms with E-state index < -0.39 is 10.0 Å². The van der Waals surface area contributed by atoms with Crippen LogP contribution in [0.4, 0.5) is 0 Å². The van der Waals surface area contributed by atoms with Crippen LogP contribution in [0.15, 0.2) is 59.8 Å². The summed E-state index contributed by atoms with van der Waals surface area (Å²) in [6.07, 6.45) is 3.64. The monoisotopic (exact) mass is 343 g/mol. The molecule has 2 aliphatic rings. The largest absolute Gasteiger partial charge is 0.298 e. The van der Waals surface area contributed by atoms with Gasteiger partial charge in [-0.05, 0) is 41.7 Å². The summed E-state index contributed by atoms with van der Waals surface area (Å²) >= 11 is 0. The summed E-state index contributed by atoms with van der Waals surface area (Å²) in [7, 11) is -3.35. The first kappa shape index (κ1) is 15.7. The van der Waals surface area contributed by atoms with Crippen molar-refractivity contribution in [1.82, 2.24) is 14.2 Å². The Balaban J connectivity index is 1.41. The van der Waals surface area contributed by atoms with Crippen LogP contribution in [0.25, 0.3) is 0 Å². The minimum atomic E-state index is -3.35. The third-order valence-corrected chi connectivity index (χ3v) is 6.91. The highest BCUT2D eigenvalue weighted by Crippen LogP contribution is 2.34. The van der Waals surface area contributed by atoms with Crippen LogP contribution in [0.3, 0.4) is 0 Å². The van der Waals surface area contributed by atoms with Gasteiger partial charge in [0.25, 0.3) is 0 Å². The van der Waals surface area contributed by atoms with Crippen LogP contribution in [-0.4, -0.2) is 48.8 Å². The molecule has 2 aromatic rings. The highest BCUT2D eigenvalue weighted by atomic mass is 32.2. The molecule has 0 saturated carbocycles. The first-order chi connectivity index (χ1) is 11.6. The van der Waals surface area contributed by atoms with Crippen molar-refractivity contribution >= 4 is 10.0 Å². The van der Waals surface area contributed by atoms with E-state index in [2.05, 4.69) is 9.88 Å². The lowest BCUT2D eigenvalue weighted by atomic mass is 10.0. The number of sulfonamides is 1. The van der Waals surface area contributed by atoms with E-state index in [0.29, 0.717) is 29.8 Å². The minimum absolute atomic E-state index is 0.401. The Labute approximate surface area is 143 Å². The number of benzene rings is 1. The maximum atomic E-state index is 12.7. The molecule has 0 radical (unpaired) electrons. The van der Waals surface area contributed by atoms with Crippen LogP contribution in [0.1, 0.15) is 5.56 Å². The maximum Gasteiger partial charge on any atom is 0.243 e. The second kappa shape index (κ2) is 6.27. The van der Waals surface area contributed by atoms with Crippen molar-refractivity contribution in [1.29, 1.82) is 0 Å². The number of fused-ring (bicyclic) bond motifs is 1. The molecule has 5 nitrogen and oxygen atoms in total. The Hall–Kier alpha value is -1.76. The van der Waals surface area contributed by atoms with Crippen molar-refractivity contribution < 1.29 is 8.42 Å². The number of likely N-dealkylation sites (tertiary alicyclic amines) is 1. The normalized spacial score (nSPS) is 25.0. The number of hydrogen-bond acceptors (Lipinski definition) is 4. The lowest BCUT2D eigenvalue weighted by Crippen LogP contribution is -2.33. The van der Waals surface area contributed by atoms with Crippen LogP contribution in [0.2, 0.25) is 0 Å². The quantitative estimate of drug-likeness (QED) is 0.850. The van der Waals surface area contributed by atoms with Gasteiger partial charge in [-0.3, -0.25) is 9.88 Å². The Morgan fingerprint density at radius 3 is 2.17 bits per heavy atom. The minimum Gasteiger partial charge on any atom is -0.298 e. The highest BCUT2D eigenvalue weighted by Gasteiger charge is 2.44.